The van der Waals surface area contributed by atoms with Crippen molar-refractivity contribution in [2.45, 2.75) is 19.8 Å². The first kappa shape index (κ1) is 8.74. The van der Waals surface area contributed by atoms with E-state index in [1.165, 1.54) is 12.8 Å². The first-order valence-corrected chi connectivity index (χ1v) is 2.78. The van der Waals surface area contributed by atoms with E-state index in [9.17, 15) is 0 Å². The molecule has 0 saturated heterocycles. The zero-order chi connectivity index (χ0) is 5.11. The average Bonchev–Trinajstić information content (AvgIpc) is 2.14. The number of allylic oxidation sites excluding steroid dienone is 4. The summed E-state index contributed by atoms with van der Waals surface area (Å²) in [5.41, 5.74) is 1.56. The normalized spacial score (nSPS) is 15.4. The molecule has 1 heteroatoms. The molecule has 0 aromatic heterocycles. The molecule has 40 valence electrons. The molecule has 2 radical (unpaired) electrons. The van der Waals surface area contributed by atoms with E-state index >= 15 is 0 Å². The zero-order valence-electron chi connectivity index (χ0n) is 5.35. The molecule has 0 spiro atoms. The maximum absolute atomic E-state index is 2.19. The SMILES string of the molecule is CCC1=CC=CC1.[Ca]. The van der Waals surface area contributed by atoms with Crippen LogP contribution < -0.4 is 0 Å². The Morgan fingerprint density at radius 3 is 2.62 bits per heavy atom. The molecule has 0 aliphatic heterocycles. The average molecular weight is 134 g/mol. The van der Waals surface area contributed by atoms with E-state index in [-0.39, 0.29) is 37.7 Å². The predicted molar refractivity (Wildman–Crippen MR) is 37.9 cm³/mol. The molecule has 1 aliphatic carbocycles. The van der Waals surface area contributed by atoms with E-state index < -0.39 is 0 Å². The van der Waals surface area contributed by atoms with Crippen LogP contribution in [-0.4, -0.2) is 37.7 Å². The minimum Gasteiger partial charge on any atom is -0.0805 e. The van der Waals surface area contributed by atoms with Gasteiger partial charge < -0.3 is 0 Å². The molecule has 0 aromatic carbocycles. The molecule has 0 nitrogen and oxygen atoms in total. The van der Waals surface area contributed by atoms with Gasteiger partial charge in [-0.2, -0.15) is 0 Å². The van der Waals surface area contributed by atoms with Crippen LogP contribution in [0.25, 0.3) is 0 Å². The minimum absolute atomic E-state index is 0. The summed E-state index contributed by atoms with van der Waals surface area (Å²) < 4.78 is 0. The molecule has 0 fully saturated rings. The smallest absolute Gasteiger partial charge is 0 e. The van der Waals surface area contributed by atoms with Crippen molar-refractivity contribution in [1.29, 1.82) is 0 Å². The number of rotatable bonds is 1. The Bertz CT molecular complexity index is 112. The van der Waals surface area contributed by atoms with Gasteiger partial charge in [0, 0.05) is 37.7 Å². The van der Waals surface area contributed by atoms with E-state index in [0.717, 1.165) is 0 Å². The van der Waals surface area contributed by atoms with Crippen LogP contribution in [0.4, 0.5) is 0 Å². The topological polar surface area (TPSA) is 0 Å². The molecule has 0 saturated carbocycles. The summed E-state index contributed by atoms with van der Waals surface area (Å²) in [4.78, 5) is 0. The van der Waals surface area contributed by atoms with Gasteiger partial charge in [0.25, 0.3) is 0 Å². The molecule has 0 unspecified atom stereocenters. The van der Waals surface area contributed by atoms with E-state index in [1.54, 1.807) is 5.57 Å². The standard InChI is InChI=1S/C7H10.Ca/c1-2-7-5-3-4-6-7;/h3-5H,2,6H2,1H3;. The second-order valence-electron chi connectivity index (χ2n) is 1.81. The van der Waals surface area contributed by atoms with Crippen molar-refractivity contribution in [3.63, 3.8) is 0 Å². The molecule has 0 amide bonds. The molecule has 8 heavy (non-hydrogen) atoms. The summed E-state index contributed by atoms with van der Waals surface area (Å²) in [7, 11) is 0. The molecule has 0 bridgehead atoms. The van der Waals surface area contributed by atoms with E-state index in [2.05, 4.69) is 25.2 Å². The van der Waals surface area contributed by atoms with Crippen LogP contribution in [0.1, 0.15) is 19.8 Å². The van der Waals surface area contributed by atoms with Gasteiger partial charge in [-0.3, -0.25) is 0 Å². The van der Waals surface area contributed by atoms with E-state index in [4.69, 9.17) is 0 Å². The van der Waals surface area contributed by atoms with Gasteiger partial charge in [0.2, 0.25) is 0 Å². The first-order chi connectivity index (χ1) is 3.43. The van der Waals surface area contributed by atoms with E-state index in [0.29, 0.717) is 0 Å². The summed E-state index contributed by atoms with van der Waals surface area (Å²) in [5.74, 6) is 0. The van der Waals surface area contributed by atoms with Crippen molar-refractivity contribution in [1.82, 2.24) is 0 Å². The summed E-state index contributed by atoms with van der Waals surface area (Å²) in [5, 5.41) is 0. The molecule has 0 aromatic rings. The predicted octanol–water partition coefficient (Wildman–Crippen LogP) is 1.90. The quantitative estimate of drug-likeness (QED) is 0.480. The third kappa shape index (κ3) is 2.34. The van der Waals surface area contributed by atoms with Crippen LogP contribution in [0, 0.1) is 0 Å². The third-order valence-corrected chi connectivity index (χ3v) is 1.30. The Morgan fingerprint density at radius 1 is 1.62 bits per heavy atom. The van der Waals surface area contributed by atoms with Gasteiger partial charge in [-0.1, -0.05) is 30.7 Å². The van der Waals surface area contributed by atoms with Crippen LogP contribution >= 0.6 is 0 Å². The number of hydrogen-bond donors (Lipinski definition) is 0. The summed E-state index contributed by atoms with van der Waals surface area (Å²) in [6.07, 6.45) is 8.92. The third-order valence-electron chi connectivity index (χ3n) is 1.30. The van der Waals surface area contributed by atoms with Gasteiger partial charge >= 0.3 is 0 Å². The van der Waals surface area contributed by atoms with Gasteiger partial charge in [0.15, 0.2) is 0 Å². The van der Waals surface area contributed by atoms with Gasteiger partial charge in [-0.25, -0.2) is 0 Å². The second kappa shape index (κ2) is 4.60. The second-order valence-corrected chi connectivity index (χ2v) is 1.81. The molecular weight excluding hydrogens is 124 g/mol. The van der Waals surface area contributed by atoms with Crippen LogP contribution in [0.3, 0.4) is 0 Å². The molecule has 0 atom stereocenters. The van der Waals surface area contributed by atoms with Crippen molar-refractivity contribution in [3.05, 3.63) is 23.8 Å². The van der Waals surface area contributed by atoms with Crippen LogP contribution in [0.15, 0.2) is 23.8 Å². The van der Waals surface area contributed by atoms with Crippen molar-refractivity contribution in [3.8, 4) is 0 Å². The van der Waals surface area contributed by atoms with Crippen molar-refractivity contribution < 1.29 is 0 Å². The summed E-state index contributed by atoms with van der Waals surface area (Å²) in [6, 6.07) is 0. The zero-order valence-corrected chi connectivity index (χ0v) is 7.56. The molecule has 0 heterocycles. The largest absolute Gasteiger partial charge is 0.0805 e. The van der Waals surface area contributed by atoms with Gasteiger partial charge in [-0.15, -0.1) is 0 Å². The maximum Gasteiger partial charge on any atom is 0 e. The maximum atomic E-state index is 2.19. The Morgan fingerprint density at radius 2 is 2.38 bits per heavy atom. The van der Waals surface area contributed by atoms with Gasteiger partial charge in [0.1, 0.15) is 0 Å². The van der Waals surface area contributed by atoms with Gasteiger partial charge in [-0.05, 0) is 12.8 Å². The Balaban J connectivity index is 0.000000490. The Labute approximate surface area is 80.7 Å². The minimum atomic E-state index is 0. The summed E-state index contributed by atoms with van der Waals surface area (Å²) in [6.45, 7) is 2.19. The number of hydrogen-bond acceptors (Lipinski definition) is 0. The van der Waals surface area contributed by atoms with Crippen LogP contribution in [0.2, 0.25) is 0 Å². The molecule has 0 N–H and O–H groups in total. The first-order valence-electron chi connectivity index (χ1n) is 2.78. The van der Waals surface area contributed by atoms with Crippen molar-refractivity contribution in [2.75, 3.05) is 0 Å². The molecule has 1 aliphatic rings. The fourth-order valence-electron chi connectivity index (χ4n) is 0.754. The molecule has 1 rings (SSSR count). The van der Waals surface area contributed by atoms with Gasteiger partial charge in [0.05, 0.1) is 0 Å². The Kier molecular flexibility index (Phi) is 5.03. The fourth-order valence-corrected chi connectivity index (χ4v) is 0.754. The Hall–Kier alpha value is 0.740. The van der Waals surface area contributed by atoms with E-state index in [1.807, 2.05) is 0 Å². The fraction of sp³-hybridized carbons (Fsp3) is 0.429. The summed E-state index contributed by atoms with van der Waals surface area (Å²) >= 11 is 0. The van der Waals surface area contributed by atoms with Crippen LogP contribution in [0.5, 0.6) is 0 Å². The van der Waals surface area contributed by atoms with Crippen molar-refractivity contribution >= 4 is 37.7 Å². The van der Waals surface area contributed by atoms with Crippen LogP contribution in [-0.2, 0) is 0 Å². The monoisotopic (exact) mass is 134 g/mol. The molecular formula is C7H10Ca. The van der Waals surface area contributed by atoms with Crippen molar-refractivity contribution in [2.24, 2.45) is 0 Å².